The highest BCUT2D eigenvalue weighted by molar-refractivity contribution is 5.85. The van der Waals surface area contributed by atoms with Crippen LogP contribution < -0.4 is 5.32 Å². The average molecular weight is 250 g/mol. The number of hydrogen-bond acceptors (Lipinski definition) is 2. The van der Waals surface area contributed by atoms with Gasteiger partial charge in [-0.2, -0.15) is 0 Å². The van der Waals surface area contributed by atoms with E-state index in [1.165, 1.54) is 12.1 Å². The van der Waals surface area contributed by atoms with Crippen molar-refractivity contribution in [3.8, 4) is 5.75 Å². The van der Waals surface area contributed by atoms with Crippen molar-refractivity contribution in [2.45, 2.75) is 24.8 Å². The van der Waals surface area contributed by atoms with Crippen LogP contribution in [0.5, 0.6) is 5.75 Å². The van der Waals surface area contributed by atoms with E-state index in [0.717, 1.165) is 5.56 Å². The molecule has 1 fully saturated rings. The maximum absolute atomic E-state index is 13.1. The standard InChI is InChI=1S/C11H13F2NO.ClH/c12-11(13)4-5-14-10(7-11)8-2-1-3-9(15)6-8;/h1-3,6,10,14-15H,4-5,7H2;1H. The number of piperidine rings is 1. The Balaban J connectivity index is 0.00000128. The molecule has 1 saturated heterocycles. The van der Waals surface area contributed by atoms with E-state index in [9.17, 15) is 13.9 Å². The smallest absolute Gasteiger partial charge is 0.251 e. The molecule has 2 rings (SSSR count). The summed E-state index contributed by atoms with van der Waals surface area (Å²) >= 11 is 0. The minimum absolute atomic E-state index is 0. The molecule has 1 atom stereocenters. The van der Waals surface area contributed by atoms with Crippen molar-refractivity contribution < 1.29 is 13.9 Å². The summed E-state index contributed by atoms with van der Waals surface area (Å²) in [5.41, 5.74) is 0.717. The van der Waals surface area contributed by atoms with Gasteiger partial charge in [0.1, 0.15) is 5.75 Å². The monoisotopic (exact) mass is 249 g/mol. The molecule has 0 aromatic heterocycles. The first kappa shape index (κ1) is 13.2. The summed E-state index contributed by atoms with van der Waals surface area (Å²) in [6.45, 7) is 0.313. The summed E-state index contributed by atoms with van der Waals surface area (Å²) in [5.74, 6) is -2.48. The number of aromatic hydroxyl groups is 1. The quantitative estimate of drug-likeness (QED) is 0.802. The third kappa shape index (κ3) is 3.06. The predicted molar refractivity (Wildman–Crippen MR) is 60.3 cm³/mol. The third-order valence-electron chi connectivity index (χ3n) is 2.66. The van der Waals surface area contributed by atoms with Crippen molar-refractivity contribution in [2.24, 2.45) is 0 Å². The van der Waals surface area contributed by atoms with Crippen molar-refractivity contribution in [3.63, 3.8) is 0 Å². The fourth-order valence-electron chi connectivity index (χ4n) is 1.88. The third-order valence-corrected chi connectivity index (χ3v) is 2.66. The van der Waals surface area contributed by atoms with E-state index in [0.29, 0.717) is 6.54 Å². The Morgan fingerprint density at radius 3 is 2.75 bits per heavy atom. The lowest BCUT2D eigenvalue weighted by Gasteiger charge is -2.30. The molecule has 5 heteroatoms. The van der Waals surface area contributed by atoms with Gasteiger partial charge in [-0.1, -0.05) is 12.1 Å². The van der Waals surface area contributed by atoms with Gasteiger partial charge in [-0.3, -0.25) is 0 Å². The zero-order chi connectivity index (χ0) is 10.9. The zero-order valence-electron chi connectivity index (χ0n) is 8.62. The van der Waals surface area contributed by atoms with E-state index in [2.05, 4.69) is 5.32 Å². The molecule has 1 aromatic carbocycles. The van der Waals surface area contributed by atoms with Crippen LogP contribution >= 0.6 is 12.4 Å². The molecule has 2 nitrogen and oxygen atoms in total. The Hall–Kier alpha value is -0.870. The van der Waals surface area contributed by atoms with Crippen molar-refractivity contribution in [1.29, 1.82) is 0 Å². The van der Waals surface area contributed by atoms with Gasteiger partial charge < -0.3 is 10.4 Å². The largest absolute Gasteiger partial charge is 0.508 e. The second-order valence-electron chi connectivity index (χ2n) is 3.91. The Kier molecular flexibility index (Phi) is 4.10. The predicted octanol–water partition coefficient (Wildman–Crippen LogP) is 2.87. The first-order valence-corrected chi connectivity index (χ1v) is 4.97. The minimum atomic E-state index is -2.60. The van der Waals surface area contributed by atoms with Crippen LogP contribution in [0.15, 0.2) is 24.3 Å². The molecule has 1 aliphatic rings. The van der Waals surface area contributed by atoms with E-state index < -0.39 is 5.92 Å². The number of rotatable bonds is 1. The summed E-state index contributed by atoms with van der Waals surface area (Å²) < 4.78 is 26.3. The summed E-state index contributed by atoms with van der Waals surface area (Å²) in [4.78, 5) is 0. The number of nitrogens with one attached hydrogen (secondary N) is 1. The fraction of sp³-hybridized carbons (Fsp3) is 0.455. The van der Waals surface area contributed by atoms with Gasteiger partial charge in [-0.15, -0.1) is 12.4 Å². The number of benzene rings is 1. The maximum Gasteiger partial charge on any atom is 0.251 e. The van der Waals surface area contributed by atoms with Gasteiger partial charge in [0, 0.05) is 25.4 Å². The summed E-state index contributed by atoms with van der Waals surface area (Å²) in [6.07, 6.45) is -0.307. The summed E-state index contributed by atoms with van der Waals surface area (Å²) in [5, 5.41) is 12.3. The highest BCUT2D eigenvalue weighted by Gasteiger charge is 2.36. The molecule has 1 aliphatic heterocycles. The molecule has 2 N–H and O–H groups in total. The molecule has 0 saturated carbocycles. The lowest BCUT2D eigenvalue weighted by Crippen LogP contribution is -2.38. The van der Waals surface area contributed by atoms with E-state index in [4.69, 9.17) is 0 Å². The lowest BCUT2D eigenvalue weighted by molar-refractivity contribution is -0.0415. The highest BCUT2D eigenvalue weighted by atomic mass is 35.5. The van der Waals surface area contributed by atoms with Gasteiger partial charge in [0.2, 0.25) is 0 Å². The van der Waals surface area contributed by atoms with Crippen LogP contribution in [0.4, 0.5) is 8.78 Å². The van der Waals surface area contributed by atoms with Gasteiger partial charge in [-0.25, -0.2) is 8.78 Å². The van der Waals surface area contributed by atoms with E-state index in [-0.39, 0.29) is 37.0 Å². The molecule has 0 spiro atoms. The maximum atomic E-state index is 13.1. The second kappa shape index (κ2) is 4.97. The fourth-order valence-corrected chi connectivity index (χ4v) is 1.88. The Morgan fingerprint density at radius 1 is 1.38 bits per heavy atom. The summed E-state index contributed by atoms with van der Waals surface area (Å²) in [6, 6.07) is 6.11. The summed E-state index contributed by atoms with van der Waals surface area (Å²) in [7, 11) is 0. The number of alkyl halides is 2. The van der Waals surface area contributed by atoms with Crippen LogP contribution in [-0.4, -0.2) is 17.6 Å². The van der Waals surface area contributed by atoms with Crippen LogP contribution in [0.3, 0.4) is 0 Å². The van der Waals surface area contributed by atoms with Crippen molar-refractivity contribution >= 4 is 12.4 Å². The van der Waals surface area contributed by atoms with Gasteiger partial charge in [-0.05, 0) is 17.7 Å². The molecule has 0 radical (unpaired) electrons. The van der Waals surface area contributed by atoms with Crippen molar-refractivity contribution in [3.05, 3.63) is 29.8 Å². The topological polar surface area (TPSA) is 32.3 Å². The number of phenolic OH excluding ortho intramolecular Hbond substituents is 1. The lowest BCUT2D eigenvalue weighted by atomic mass is 9.95. The van der Waals surface area contributed by atoms with Crippen LogP contribution in [0, 0.1) is 0 Å². The molecule has 1 heterocycles. The minimum Gasteiger partial charge on any atom is -0.508 e. The van der Waals surface area contributed by atoms with Crippen molar-refractivity contribution in [1.82, 2.24) is 5.32 Å². The zero-order valence-corrected chi connectivity index (χ0v) is 9.44. The van der Waals surface area contributed by atoms with E-state index in [1.54, 1.807) is 12.1 Å². The number of hydrogen-bond donors (Lipinski definition) is 2. The van der Waals surface area contributed by atoms with Gasteiger partial charge in [0.15, 0.2) is 0 Å². The first-order valence-electron chi connectivity index (χ1n) is 4.97. The molecule has 0 bridgehead atoms. The first-order chi connectivity index (χ1) is 7.07. The average Bonchev–Trinajstić information content (AvgIpc) is 2.16. The molecule has 0 aliphatic carbocycles. The molecule has 1 unspecified atom stereocenters. The number of phenols is 1. The van der Waals surface area contributed by atoms with Gasteiger partial charge in [0.25, 0.3) is 5.92 Å². The Bertz CT molecular complexity index is 360. The van der Waals surface area contributed by atoms with Gasteiger partial charge >= 0.3 is 0 Å². The molecule has 16 heavy (non-hydrogen) atoms. The molecule has 90 valence electrons. The van der Waals surface area contributed by atoms with Crippen LogP contribution in [0.25, 0.3) is 0 Å². The molecular formula is C11H14ClF2NO. The van der Waals surface area contributed by atoms with Crippen LogP contribution in [-0.2, 0) is 0 Å². The molecular weight excluding hydrogens is 236 g/mol. The van der Waals surface area contributed by atoms with E-state index in [1.807, 2.05) is 0 Å². The SMILES string of the molecule is Cl.Oc1cccc(C2CC(F)(F)CCN2)c1. The van der Waals surface area contributed by atoms with Crippen LogP contribution in [0.1, 0.15) is 24.4 Å². The van der Waals surface area contributed by atoms with Crippen LogP contribution in [0.2, 0.25) is 0 Å². The number of halogens is 3. The highest BCUT2D eigenvalue weighted by Crippen LogP contribution is 2.34. The Labute approximate surface area is 99.1 Å². The normalized spacial score (nSPS) is 23.5. The molecule has 0 amide bonds. The van der Waals surface area contributed by atoms with Crippen molar-refractivity contribution in [2.75, 3.05) is 6.54 Å². The Morgan fingerprint density at radius 2 is 2.12 bits per heavy atom. The molecule has 1 aromatic rings. The second-order valence-corrected chi connectivity index (χ2v) is 3.91. The van der Waals surface area contributed by atoms with Gasteiger partial charge in [0.05, 0.1) is 0 Å². The van der Waals surface area contributed by atoms with E-state index >= 15 is 0 Å².